The first-order valence-electron chi connectivity index (χ1n) is 8.37. The first kappa shape index (κ1) is 31.6. The minimum atomic E-state index is -7.38. The van der Waals surface area contributed by atoms with Crippen LogP contribution in [0.1, 0.15) is 11.1 Å². The normalized spacial score (nSPS) is 15.2. The Balaban J connectivity index is 3.41. The van der Waals surface area contributed by atoms with Crippen molar-refractivity contribution in [3.63, 3.8) is 0 Å². The summed E-state index contributed by atoms with van der Waals surface area (Å²) in [6, 6.07) is -0.312. The van der Waals surface area contributed by atoms with Crippen molar-refractivity contribution in [3.8, 4) is 11.5 Å². The molecule has 1 rings (SSSR count). The maximum atomic E-state index is 13.6. The molecule has 0 radical (unpaired) electrons. The quantitative estimate of drug-likeness (QED) is 0.294. The molecular weight excluding hydrogens is 566 g/mol. The summed E-state index contributed by atoms with van der Waals surface area (Å²) in [4.78, 5) is 0. The summed E-state index contributed by atoms with van der Waals surface area (Å²) in [7, 11) is 0. The monoisotopic (exact) mass is 574 g/mol. The summed E-state index contributed by atoms with van der Waals surface area (Å²) >= 11 is 0. The predicted molar refractivity (Wildman–Crippen MR) is 79.0 cm³/mol. The highest BCUT2D eigenvalue weighted by Gasteiger charge is 2.84. The van der Waals surface area contributed by atoms with Gasteiger partial charge >= 0.3 is 48.3 Å². The molecule has 20 heteroatoms. The SMILES string of the molecule is Cc1cc(OC(F)(F)C(F)(F)C(F)(F)C(F)(F)F)c(C)cc1OC(F)(F)C(F)(F)C(F)(F)C(F)(F)F. The van der Waals surface area contributed by atoms with Crippen molar-refractivity contribution < 1.29 is 88.5 Å². The van der Waals surface area contributed by atoms with Crippen molar-refractivity contribution in [2.75, 3.05) is 0 Å². The highest BCUT2D eigenvalue weighted by atomic mass is 19.4. The molecule has 0 bridgehead atoms. The molecule has 0 aliphatic rings. The van der Waals surface area contributed by atoms with Gasteiger partial charge in [0.25, 0.3) is 0 Å². The fourth-order valence-electron chi connectivity index (χ4n) is 2.11. The van der Waals surface area contributed by atoms with Crippen LogP contribution in [0.3, 0.4) is 0 Å². The van der Waals surface area contributed by atoms with E-state index in [1.807, 2.05) is 0 Å². The molecule has 0 saturated carbocycles. The summed E-state index contributed by atoms with van der Waals surface area (Å²) in [5, 5.41) is 0. The number of hydrogen-bond donors (Lipinski definition) is 0. The average molecular weight is 574 g/mol. The molecule has 0 aliphatic heterocycles. The molecule has 0 unspecified atom stereocenters. The molecule has 0 spiro atoms. The van der Waals surface area contributed by atoms with Gasteiger partial charge in [-0.15, -0.1) is 0 Å². The summed E-state index contributed by atoms with van der Waals surface area (Å²) in [5.41, 5.74) is -2.44. The second-order valence-electron chi connectivity index (χ2n) is 6.91. The Morgan fingerprint density at radius 3 is 0.833 bits per heavy atom. The molecule has 0 fully saturated rings. The van der Waals surface area contributed by atoms with Gasteiger partial charge in [0.05, 0.1) is 0 Å². The number of benzene rings is 1. The van der Waals surface area contributed by atoms with Crippen LogP contribution >= 0.6 is 0 Å². The van der Waals surface area contributed by atoms with Crippen molar-refractivity contribution >= 4 is 0 Å². The third kappa shape index (κ3) is 4.90. The van der Waals surface area contributed by atoms with Gasteiger partial charge in [-0.2, -0.15) is 79.0 Å². The van der Waals surface area contributed by atoms with Crippen LogP contribution in [0.25, 0.3) is 0 Å². The minimum Gasteiger partial charge on any atom is -0.428 e. The Labute approximate surface area is 186 Å². The van der Waals surface area contributed by atoms with Gasteiger partial charge in [0.2, 0.25) is 0 Å². The second kappa shape index (κ2) is 8.56. The molecule has 0 heterocycles. The van der Waals surface area contributed by atoms with Crippen LogP contribution in [0.15, 0.2) is 12.1 Å². The topological polar surface area (TPSA) is 18.5 Å². The number of alkyl halides is 18. The number of ether oxygens (including phenoxy) is 2. The van der Waals surface area contributed by atoms with Gasteiger partial charge in [0.1, 0.15) is 11.5 Å². The first-order valence-corrected chi connectivity index (χ1v) is 8.37. The Bertz CT molecular complexity index is 881. The van der Waals surface area contributed by atoms with Crippen molar-refractivity contribution in [2.24, 2.45) is 0 Å². The van der Waals surface area contributed by atoms with Crippen molar-refractivity contribution in [3.05, 3.63) is 23.3 Å². The average Bonchev–Trinajstić information content (AvgIpc) is 2.62. The van der Waals surface area contributed by atoms with E-state index < -0.39 is 70.9 Å². The van der Waals surface area contributed by atoms with Crippen LogP contribution in [-0.2, 0) is 0 Å². The molecule has 0 saturated heterocycles. The summed E-state index contributed by atoms with van der Waals surface area (Å²) in [6.07, 6.45) is -27.8. The lowest BCUT2D eigenvalue weighted by molar-refractivity contribution is -0.429. The lowest BCUT2D eigenvalue weighted by atomic mass is 10.1. The molecule has 1 aromatic carbocycles. The van der Waals surface area contributed by atoms with Crippen molar-refractivity contribution in [1.29, 1.82) is 0 Å². The zero-order valence-electron chi connectivity index (χ0n) is 16.8. The molecule has 0 aliphatic carbocycles. The van der Waals surface area contributed by atoms with Gasteiger partial charge in [-0.1, -0.05) is 0 Å². The smallest absolute Gasteiger partial charge is 0.428 e. The van der Waals surface area contributed by atoms with E-state index in [1.165, 1.54) is 0 Å². The highest BCUT2D eigenvalue weighted by Crippen LogP contribution is 2.55. The van der Waals surface area contributed by atoms with E-state index >= 15 is 0 Å². The van der Waals surface area contributed by atoms with E-state index in [1.54, 1.807) is 0 Å². The molecule has 0 N–H and O–H groups in total. The van der Waals surface area contributed by atoms with E-state index in [4.69, 9.17) is 0 Å². The third-order valence-corrected chi connectivity index (χ3v) is 4.18. The lowest BCUT2D eigenvalue weighted by Crippen LogP contribution is -2.62. The Kier molecular flexibility index (Phi) is 7.51. The predicted octanol–water partition coefficient (Wildman–Crippen LogP) is 7.91. The Morgan fingerprint density at radius 2 is 0.639 bits per heavy atom. The molecule has 0 amide bonds. The molecule has 2 nitrogen and oxygen atoms in total. The third-order valence-electron chi connectivity index (χ3n) is 4.18. The standard InChI is InChI=1S/C16H8F18O2/c1-5-3-8(36-16(33,34)12(23,24)10(19,20)14(28,29)30)6(2)4-7(5)35-15(31,32)11(21,22)9(17,18)13(25,26)27/h3-4H,1-2H3. The van der Waals surface area contributed by atoms with Crippen LogP contribution in [0, 0.1) is 13.8 Å². The molecule has 0 aromatic heterocycles. The molecular formula is C16H8F18O2. The van der Waals surface area contributed by atoms with E-state index in [-0.39, 0.29) is 12.1 Å². The zero-order valence-corrected chi connectivity index (χ0v) is 16.8. The number of halogens is 18. The van der Waals surface area contributed by atoms with Crippen LogP contribution in [0.2, 0.25) is 0 Å². The molecule has 36 heavy (non-hydrogen) atoms. The number of hydrogen-bond acceptors (Lipinski definition) is 2. The Hall–Kier alpha value is -2.44. The van der Waals surface area contributed by atoms with Gasteiger partial charge in [0, 0.05) is 0 Å². The fraction of sp³-hybridized carbons (Fsp3) is 0.625. The van der Waals surface area contributed by atoms with Gasteiger partial charge in [-0.3, -0.25) is 0 Å². The number of rotatable bonds is 8. The summed E-state index contributed by atoms with van der Waals surface area (Å²) < 4.78 is 238. The van der Waals surface area contributed by atoms with E-state index in [9.17, 15) is 79.0 Å². The van der Waals surface area contributed by atoms with Crippen molar-refractivity contribution in [2.45, 2.75) is 62.1 Å². The van der Waals surface area contributed by atoms with Crippen LogP contribution in [0.5, 0.6) is 11.5 Å². The first-order chi connectivity index (χ1) is 15.5. The van der Waals surface area contributed by atoms with E-state index in [0.29, 0.717) is 13.8 Å². The Morgan fingerprint density at radius 1 is 0.417 bits per heavy atom. The minimum absolute atomic E-state index is 0.156. The van der Waals surface area contributed by atoms with Gasteiger partial charge in [-0.25, -0.2) is 0 Å². The summed E-state index contributed by atoms with van der Waals surface area (Å²) in [6.45, 7) is 0.775. The maximum absolute atomic E-state index is 13.6. The second-order valence-corrected chi connectivity index (χ2v) is 6.91. The highest BCUT2D eigenvalue weighted by molar-refractivity contribution is 5.45. The van der Waals surface area contributed by atoms with Crippen molar-refractivity contribution in [1.82, 2.24) is 0 Å². The maximum Gasteiger partial charge on any atom is 0.471 e. The van der Waals surface area contributed by atoms with Gasteiger partial charge < -0.3 is 9.47 Å². The van der Waals surface area contributed by atoms with Crippen LogP contribution in [-0.4, -0.2) is 48.3 Å². The lowest BCUT2D eigenvalue weighted by Gasteiger charge is -2.34. The van der Waals surface area contributed by atoms with Gasteiger partial charge in [-0.05, 0) is 37.1 Å². The molecule has 210 valence electrons. The zero-order chi connectivity index (χ0) is 29.1. The molecule has 1 aromatic rings. The van der Waals surface area contributed by atoms with Crippen LogP contribution in [0.4, 0.5) is 79.0 Å². The van der Waals surface area contributed by atoms with E-state index in [0.717, 1.165) is 0 Å². The van der Waals surface area contributed by atoms with Crippen LogP contribution < -0.4 is 9.47 Å². The largest absolute Gasteiger partial charge is 0.471 e. The van der Waals surface area contributed by atoms with Gasteiger partial charge in [0.15, 0.2) is 0 Å². The fourth-order valence-corrected chi connectivity index (χ4v) is 2.11. The molecule has 0 atom stereocenters. The summed E-state index contributed by atoms with van der Waals surface area (Å²) in [5.74, 6) is -32.8. The van der Waals surface area contributed by atoms with E-state index in [2.05, 4.69) is 9.47 Å². The number of aryl methyl sites for hydroxylation is 2.